The lowest BCUT2D eigenvalue weighted by Gasteiger charge is -2.26. The highest BCUT2D eigenvalue weighted by Gasteiger charge is 2.21. The van der Waals surface area contributed by atoms with E-state index in [1.807, 2.05) is 19.1 Å². The minimum atomic E-state index is -2.84. The molecule has 23 heavy (non-hydrogen) atoms. The van der Waals surface area contributed by atoms with Gasteiger partial charge in [0, 0.05) is 26.8 Å². The predicted molar refractivity (Wildman–Crippen MR) is 107 cm³/mol. The van der Waals surface area contributed by atoms with E-state index in [0.29, 0.717) is 31.7 Å². The van der Waals surface area contributed by atoms with Crippen molar-refractivity contribution in [1.82, 2.24) is 4.90 Å². The van der Waals surface area contributed by atoms with Crippen LogP contribution < -0.4 is 0 Å². The van der Waals surface area contributed by atoms with E-state index in [1.165, 1.54) is 0 Å². The first-order valence-corrected chi connectivity index (χ1v) is 11.3. The third-order valence-corrected chi connectivity index (χ3v) is 8.46. The number of halogens is 2. The molecule has 1 aromatic rings. The predicted octanol–water partition coefficient (Wildman–Crippen LogP) is 2.48. The smallest absolute Gasteiger partial charge is 0.339 e. The van der Waals surface area contributed by atoms with Crippen LogP contribution in [0.1, 0.15) is 22.3 Å². The monoisotopic (exact) mass is 563 g/mol. The van der Waals surface area contributed by atoms with Gasteiger partial charge in [-0.15, -0.1) is 0 Å². The number of aryl methyl sites for hydroxylation is 1. The molecule has 0 aliphatic carbocycles. The highest BCUT2D eigenvalue weighted by molar-refractivity contribution is 14.1. The number of esters is 1. The lowest BCUT2D eigenvalue weighted by atomic mass is 10.1. The summed E-state index contributed by atoms with van der Waals surface area (Å²) in [4.78, 5) is 14.4. The van der Waals surface area contributed by atoms with Crippen LogP contribution in [0.5, 0.6) is 0 Å². The summed E-state index contributed by atoms with van der Waals surface area (Å²) in [5.41, 5.74) is 1.56. The van der Waals surface area contributed by atoms with Crippen LogP contribution in [0.15, 0.2) is 12.1 Å². The van der Waals surface area contributed by atoms with E-state index >= 15 is 0 Å². The molecule has 0 saturated carbocycles. The van der Waals surface area contributed by atoms with Crippen molar-refractivity contribution in [3.63, 3.8) is 0 Å². The maximum absolute atomic E-state index is 12.3. The Morgan fingerprint density at radius 1 is 1.26 bits per heavy atom. The van der Waals surface area contributed by atoms with Gasteiger partial charge in [-0.2, -0.15) is 0 Å². The summed E-state index contributed by atoms with van der Waals surface area (Å²) >= 11 is 4.38. The van der Waals surface area contributed by atoms with Crippen LogP contribution >= 0.6 is 45.2 Å². The molecule has 8 heteroatoms. The van der Waals surface area contributed by atoms with Crippen molar-refractivity contribution >= 4 is 61.0 Å². The topological polar surface area (TPSA) is 63.7 Å². The third kappa shape index (κ3) is 5.53. The minimum Gasteiger partial charge on any atom is -0.462 e. The molecule has 0 atom stereocenters. The fraction of sp³-hybridized carbons (Fsp3) is 0.533. The first-order valence-electron chi connectivity index (χ1n) is 7.34. The highest BCUT2D eigenvalue weighted by atomic mass is 127. The zero-order chi connectivity index (χ0) is 17.0. The van der Waals surface area contributed by atoms with Gasteiger partial charge >= 0.3 is 5.97 Å². The van der Waals surface area contributed by atoms with Crippen molar-refractivity contribution in [2.45, 2.75) is 13.3 Å². The van der Waals surface area contributed by atoms with E-state index in [2.05, 4.69) is 50.1 Å². The fourth-order valence-corrected chi connectivity index (χ4v) is 4.95. The van der Waals surface area contributed by atoms with Gasteiger partial charge in [0.1, 0.15) is 0 Å². The second-order valence-electron chi connectivity index (χ2n) is 5.54. The molecule has 2 rings (SSSR count). The van der Waals surface area contributed by atoms with E-state index in [9.17, 15) is 13.2 Å². The fourth-order valence-electron chi connectivity index (χ4n) is 2.40. The van der Waals surface area contributed by atoms with Gasteiger partial charge in [0.2, 0.25) is 0 Å². The Kier molecular flexibility index (Phi) is 7.11. The Labute approximate surface area is 164 Å². The van der Waals surface area contributed by atoms with Crippen molar-refractivity contribution < 1.29 is 17.9 Å². The second kappa shape index (κ2) is 8.43. The van der Waals surface area contributed by atoms with Crippen LogP contribution in [0.3, 0.4) is 0 Å². The summed E-state index contributed by atoms with van der Waals surface area (Å²) < 4.78 is 30.1. The molecule has 5 nitrogen and oxygen atoms in total. The lowest BCUT2D eigenvalue weighted by molar-refractivity contribution is 0.0487. The molecule has 1 aromatic carbocycles. The van der Waals surface area contributed by atoms with Gasteiger partial charge in [0.25, 0.3) is 0 Å². The lowest BCUT2D eigenvalue weighted by Crippen LogP contribution is -2.40. The molecule has 128 valence electrons. The summed E-state index contributed by atoms with van der Waals surface area (Å²) in [6.07, 6.45) is 0.714. The molecule has 0 aromatic heterocycles. The molecule has 1 heterocycles. The number of carbonyl (C=O) groups excluding carboxylic acids is 1. The molecular weight excluding hydrogens is 544 g/mol. The molecule has 0 N–H and O–H groups in total. The summed E-state index contributed by atoms with van der Waals surface area (Å²) in [6.45, 7) is 4.16. The van der Waals surface area contributed by atoms with E-state index in [-0.39, 0.29) is 17.5 Å². The molecule has 0 spiro atoms. The number of nitrogens with zero attached hydrogens (tertiary/aromatic N) is 1. The first-order chi connectivity index (χ1) is 10.8. The van der Waals surface area contributed by atoms with Crippen LogP contribution in [0.2, 0.25) is 0 Å². The van der Waals surface area contributed by atoms with Crippen molar-refractivity contribution in [2.24, 2.45) is 0 Å². The third-order valence-electron chi connectivity index (χ3n) is 3.80. The zero-order valence-corrected chi connectivity index (χ0v) is 18.0. The van der Waals surface area contributed by atoms with E-state index in [1.54, 1.807) is 0 Å². The summed E-state index contributed by atoms with van der Waals surface area (Å²) in [5.74, 6) is 0.172. The molecule has 1 aliphatic rings. The summed E-state index contributed by atoms with van der Waals surface area (Å²) in [6, 6.07) is 3.91. The quantitative estimate of drug-likeness (QED) is 0.313. The first kappa shape index (κ1) is 19.4. The number of hydrogen-bond acceptors (Lipinski definition) is 5. The number of sulfone groups is 1. The maximum Gasteiger partial charge on any atom is 0.339 e. The van der Waals surface area contributed by atoms with Gasteiger partial charge < -0.3 is 9.64 Å². The largest absolute Gasteiger partial charge is 0.462 e. The van der Waals surface area contributed by atoms with Gasteiger partial charge in [-0.25, -0.2) is 13.2 Å². The van der Waals surface area contributed by atoms with Crippen molar-refractivity contribution in [2.75, 3.05) is 37.7 Å². The Hall–Kier alpha value is 0.0600. The van der Waals surface area contributed by atoms with Crippen molar-refractivity contribution in [3.8, 4) is 0 Å². The molecule has 0 amide bonds. The van der Waals surface area contributed by atoms with E-state index < -0.39 is 9.84 Å². The normalized spacial score (nSPS) is 17.9. The van der Waals surface area contributed by atoms with Crippen LogP contribution in [-0.2, 0) is 14.6 Å². The molecule has 1 saturated heterocycles. The molecular formula is C15H19I2NO4S. The van der Waals surface area contributed by atoms with Crippen molar-refractivity contribution in [1.29, 1.82) is 0 Å². The van der Waals surface area contributed by atoms with Gasteiger partial charge in [-0.3, -0.25) is 0 Å². The Morgan fingerprint density at radius 2 is 1.91 bits per heavy atom. The standard InChI is InChI=1S/C15H19I2NO4S/c1-11-3-4-12(16)14(17)13(11)15(19)22-8-2-5-18-6-9-23(20,21)10-7-18/h3-4H,2,5-10H2,1H3. The molecule has 1 fully saturated rings. The number of benzene rings is 1. The van der Waals surface area contributed by atoms with Gasteiger partial charge in [-0.1, -0.05) is 6.07 Å². The zero-order valence-electron chi connectivity index (χ0n) is 12.8. The molecule has 0 unspecified atom stereocenters. The van der Waals surface area contributed by atoms with Crippen LogP contribution in [0.25, 0.3) is 0 Å². The van der Waals surface area contributed by atoms with Gasteiger partial charge in [-0.05, 0) is 70.2 Å². The molecule has 1 aliphatic heterocycles. The average molecular weight is 563 g/mol. The highest BCUT2D eigenvalue weighted by Crippen LogP contribution is 2.23. The van der Waals surface area contributed by atoms with Gasteiger partial charge in [0.05, 0.1) is 23.7 Å². The molecule has 0 bridgehead atoms. The molecule has 0 radical (unpaired) electrons. The summed E-state index contributed by atoms with van der Waals surface area (Å²) in [7, 11) is -2.84. The summed E-state index contributed by atoms with van der Waals surface area (Å²) in [5, 5.41) is 0. The number of hydrogen-bond donors (Lipinski definition) is 0. The number of ether oxygens (including phenoxy) is 1. The van der Waals surface area contributed by atoms with E-state index in [4.69, 9.17) is 4.74 Å². The maximum atomic E-state index is 12.3. The Balaban J connectivity index is 1.79. The minimum absolute atomic E-state index is 0.229. The Morgan fingerprint density at radius 3 is 2.57 bits per heavy atom. The van der Waals surface area contributed by atoms with E-state index in [0.717, 1.165) is 19.2 Å². The van der Waals surface area contributed by atoms with Crippen LogP contribution in [0, 0.1) is 14.1 Å². The number of carbonyl (C=O) groups is 1. The van der Waals surface area contributed by atoms with Crippen LogP contribution in [0.4, 0.5) is 0 Å². The Bertz CT molecular complexity index is 677. The van der Waals surface area contributed by atoms with Gasteiger partial charge in [0.15, 0.2) is 9.84 Å². The average Bonchev–Trinajstić information content (AvgIpc) is 2.49. The number of rotatable bonds is 5. The van der Waals surface area contributed by atoms with Crippen LogP contribution in [-0.4, -0.2) is 57.0 Å². The van der Waals surface area contributed by atoms with Crippen molar-refractivity contribution in [3.05, 3.63) is 30.4 Å². The SMILES string of the molecule is Cc1ccc(I)c(I)c1C(=O)OCCCN1CCS(=O)(=O)CC1. The second-order valence-corrected chi connectivity index (χ2v) is 10.1.